The van der Waals surface area contributed by atoms with E-state index in [0.717, 1.165) is 42.3 Å². The Morgan fingerprint density at radius 1 is 1.17 bits per heavy atom. The highest BCUT2D eigenvalue weighted by molar-refractivity contribution is 5.81. The molecule has 5 heteroatoms. The normalized spacial score (nSPS) is 15.9. The second-order valence-corrected chi connectivity index (χ2v) is 7.91. The molecule has 1 heterocycles. The number of aryl methyl sites for hydroxylation is 1. The molecule has 0 spiro atoms. The summed E-state index contributed by atoms with van der Waals surface area (Å²) in [5, 5.41) is 0. The van der Waals surface area contributed by atoms with Gasteiger partial charge < -0.3 is 14.1 Å². The zero-order valence-electron chi connectivity index (χ0n) is 17.1. The molecule has 0 bridgehead atoms. The van der Waals surface area contributed by atoms with Gasteiger partial charge >= 0.3 is 0 Å². The van der Waals surface area contributed by atoms with Crippen LogP contribution in [-0.2, 0) is 11.3 Å². The van der Waals surface area contributed by atoms with E-state index < -0.39 is 6.10 Å². The van der Waals surface area contributed by atoms with Crippen LogP contribution < -0.4 is 4.74 Å². The van der Waals surface area contributed by atoms with Crippen LogP contribution >= 0.6 is 0 Å². The second-order valence-electron chi connectivity index (χ2n) is 7.91. The van der Waals surface area contributed by atoms with Gasteiger partial charge in [0.25, 0.3) is 5.91 Å². The first kappa shape index (κ1) is 19.5. The van der Waals surface area contributed by atoms with E-state index in [4.69, 9.17) is 9.15 Å². The molecule has 0 radical (unpaired) electrons. The lowest BCUT2D eigenvalue weighted by Gasteiger charge is -2.35. The molecule has 1 amide bonds. The number of carbonyl (C=O) groups excluding carboxylic acids is 1. The van der Waals surface area contributed by atoms with Gasteiger partial charge in [-0.2, -0.15) is 0 Å². The third-order valence-corrected chi connectivity index (χ3v) is 5.60. The van der Waals surface area contributed by atoms with Crippen LogP contribution in [0.15, 0.2) is 52.9 Å². The average molecular weight is 392 g/mol. The van der Waals surface area contributed by atoms with Gasteiger partial charge in [0.05, 0.1) is 6.54 Å². The van der Waals surface area contributed by atoms with Crippen molar-refractivity contribution in [2.24, 2.45) is 0 Å². The molecule has 1 aromatic heterocycles. The molecule has 3 aromatic rings. The number of carbonyl (C=O) groups is 1. The first-order valence-corrected chi connectivity index (χ1v) is 10.5. The molecule has 1 fully saturated rings. The zero-order valence-corrected chi connectivity index (χ0v) is 17.1. The van der Waals surface area contributed by atoms with E-state index in [0.29, 0.717) is 18.2 Å². The summed E-state index contributed by atoms with van der Waals surface area (Å²) < 4.78 is 11.9. The summed E-state index contributed by atoms with van der Waals surface area (Å²) in [7, 11) is 0. The zero-order chi connectivity index (χ0) is 20.2. The van der Waals surface area contributed by atoms with Crippen molar-refractivity contribution in [3.8, 4) is 5.75 Å². The van der Waals surface area contributed by atoms with Crippen LogP contribution in [-0.4, -0.2) is 27.9 Å². The molecular weight excluding hydrogens is 364 g/mol. The van der Waals surface area contributed by atoms with Crippen molar-refractivity contribution < 1.29 is 13.9 Å². The molecule has 1 unspecified atom stereocenters. The molecule has 1 aliphatic carbocycles. The molecule has 0 saturated heterocycles. The highest BCUT2D eigenvalue weighted by Gasteiger charge is 2.31. The van der Waals surface area contributed by atoms with Gasteiger partial charge in [0.1, 0.15) is 11.3 Å². The Morgan fingerprint density at radius 3 is 2.69 bits per heavy atom. The van der Waals surface area contributed by atoms with Crippen molar-refractivity contribution in [1.29, 1.82) is 0 Å². The van der Waals surface area contributed by atoms with Crippen LogP contribution in [0.1, 0.15) is 50.5 Å². The Bertz CT molecular complexity index is 961. The smallest absolute Gasteiger partial charge is 0.264 e. The topological polar surface area (TPSA) is 55.6 Å². The van der Waals surface area contributed by atoms with Crippen LogP contribution in [0.4, 0.5) is 0 Å². The van der Waals surface area contributed by atoms with Crippen molar-refractivity contribution in [2.45, 2.75) is 64.6 Å². The highest BCUT2D eigenvalue weighted by atomic mass is 16.5. The van der Waals surface area contributed by atoms with Gasteiger partial charge in [-0.25, -0.2) is 4.98 Å². The monoisotopic (exact) mass is 392 g/mol. The van der Waals surface area contributed by atoms with E-state index in [1.54, 1.807) is 0 Å². The fraction of sp³-hybridized carbons (Fsp3) is 0.417. The van der Waals surface area contributed by atoms with E-state index in [-0.39, 0.29) is 11.9 Å². The minimum absolute atomic E-state index is 0.0146. The molecule has 29 heavy (non-hydrogen) atoms. The third-order valence-electron chi connectivity index (χ3n) is 5.60. The van der Waals surface area contributed by atoms with Crippen molar-refractivity contribution >= 4 is 17.0 Å². The number of hydrogen-bond donors (Lipinski definition) is 0. The molecule has 2 aromatic carbocycles. The van der Waals surface area contributed by atoms with Crippen molar-refractivity contribution in [3.63, 3.8) is 0 Å². The standard InChI is InChI=1S/C24H28N2O3/c1-17-13-14-22-21(15-17)25-23(29-22)16-26(19-9-5-3-6-10-19)24(27)18(2)28-20-11-7-4-8-12-20/h4,7-8,11-15,18-19H,3,5-6,9-10,16H2,1-2H3. The minimum Gasteiger partial charge on any atom is -0.481 e. The Balaban J connectivity index is 1.55. The second kappa shape index (κ2) is 8.68. The molecule has 1 aliphatic rings. The molecule has 1 saturated carbocycles. The van der Waals surface area contributed by atoms with E-state index in [1.165, 1.54) is 6.42 Å². The van der Waals surface area contributed by atoms with Crippen LogP contribution in [0, 0.1) is 6.92 Å². The first-order valence-electron chi connectivity index (χ1n) is 10.5. The van der Waals surface area contributed by atoms with Crippen LogP contribution in [0.5, 0.6) is 5.75 Å². The molecule has 5 nitrogen and oxygen atoms in total. The number of hydrogen-bond acceptors (Lipinski definition) is 4. The van der Waals surface area contributed by atoms with Gasteiger partial charge in [-0.15, -0.1) is 0 Å². The Labute approximate surface area is 171 Å². The molecule has 0 N–H and O–H groups in total. The van der Waals surface area contributed by atoms with Gasteiger partial charge in [-0.1, -0.05) is 43.5 Å². The number of ether oxygens (including phenoxy) is 1. The number of benzene rings is 2. The third kappa shape index (κ3) is 4.61. The maximum atomic E-state index is 13.4. The Kier molecular flexibility index (Phi) is 5.84. The van der Waals surface area contributed by atoms with Crippen LogP contribution in [0.2, 0.25) is 0 Å². The number of fused-ring (bicyclic) bond motifs is 1. The van der Waals surface area contributed by atoms with Gasteiger partial charge in [-0.05, 0) is 56.5 Å². The van der Waals surface area contributed by atoms with E-state index in [9.17, 15) is 4.79 Å². The molecule has 0 aliphatic heterocycles. The highest BCUT2D eigenvalue weighted by Crippen LogP contribution is 2.26. The Hall–Kier alpha value is -2.82. The maximum Gasteiger partial charge on any atom is 0.264 e. The summed E-state index contributed by atoms with van der Waals surface area (Å²) in [6.45, 7) is 4.23. The Morgan fingerprint density at radius 2 is 1.93 bits per heavy atom. The summed E-state index contributed by atoms with van der Waals surface area (Å²) >= 11 is 0. The SMILES string of the molecule is Cc1ccc2oc(CN(C(=O)C(C)Oc3ccccc3)C3CCCCC3)nc2c1. The van der Waals surface area contributed by atoms with Gasteiger partial charge in [0.15, 0.2) is 11.7 Å². The molecule has 4 rings (SSSR count). The van der Waals surface area contributed by atoms with E-state index in [2.05, 4.69) is 4.98 Å². The molecule has 152 valence electrons. The minimum atomic E-state index is -0.564. The first-order chi connectivity index (χ1) is 14.1. The van der Waals surface area contributed by atoms with Gasteiger partial charge in [0.2, 0.25) is 5.89 Å². The fourth-order valence-corrected chi connectivity index (χ4v) is 4.07. The number of oxazole rings is 1. The lowest BCUT2D eigenvalue weighted by molar-refractivity contribution is -0.142. The van der Waals surface area contributed by atoms with E-state index >= 15 is 0 Å². The maximum absolute atomic E-state index is 13.4. The summed E-state index contributed by atoms with van der Waals surface area (Å²) in [6.07, 6.45) is 5.00. The largest absolute Gasteiger partial charge is 0.481 e. The lowest BCUT2D eigenvalue weighted by Crippen LogP contribution is -2.46. The predicted molar refractivity (Wildman–Crippen MR) is 113 cm³/mol. The lowest BCUT2D eigenvalue weighted by atomic mass is 9.94. The van der Waals surface area contributed by atoms with Crippen molar-refractivity contribution in [2.75, 3.05) is 0 Å². The molecular formula is C24H28N2O3. The van der Waals surface area contributed by atoms with Gasteiger partial charge in [-0.3, -0.25) is 4.79 Å². The summed E-state index contributed by atoms with van der Waals surface area (Å²) in [6, 6.07) is 15.7. The van der Waals surface area contributed by atoms with Crippen LogP contribution in [0.25, 0.3) is 11.1 Å². The number of aromatic nitrogens is 1. The predicted octanol–water partition coefficient (Wildman–Crippen LogP) is 5.27. The summed E-state index contributed by atoms with van der Waals surface area (Å²) in [5.41, 5.74) is 2.74. The molecule has 1 atom stereocenters. The summed E-state index contributed by atoms with van der Waals surface area (Å²) in [5.74, 6) is 1.27. The fourth-order valence-electron chi connectivity index (χ4n) is 4.07. The number of amides is 1. The number of para-hydroxylation sites is 1. The number of nitrogens with zero attached hydrogens (tertiary/aromatic N) is 2. The van der Waals surface area contributed by atoms with E-state index in [1.807, 2.05) is 67.3 Å². The quantitative estimate of drug-likeness (QED) is 0.574. The summed E-state index contributed by atoms with van der Waals surface area (Å²) in [4.78, 5) is 19.9. The van der Waals surface area contributed by atoms with Crippen LogP contribution in [0.3, 0.4) is 0 Å². The van der Waals surface area contributed by atoms with Crippen molar-refractivity contribution in [1.82, 2.24) is 9.88 Å². The van der Waals surface area contributed by atoms with Crippen molar-refractivity contribution in [3.05, 3.63) is 60.0 Å². The number of rotatable bonds is 6. The van der Waals surface area contributed by atoms with Gasteiger partial charge in [0, 0.05) is 6.04 Å². The average Bonchev–Trinajstić information content (AvgIpc) is 3.14.